The van der Waals surface area contributed by atoms with Crippen LogP contribution in [0.3, 0.4) is 0 Å². The number of halogens is 3. The summed E-state index contributed by atoms with van der Waals surface area (Å²) < 4.78 is 44.8. The van der Waals surface area contributed by atoms with E-state index >= 15 is 0 Å². The molecule has 0 saturated heterocycles. The summed E-state index contributed by atoms with van der Waals surface area (Å²) in [6.07, 6.45) is -4.01. The van der Waals surface area contributed by atoms with Gasteiger partial charge in [0.15, 0.2) is 0 Å². The third kappa shape index (κ3) is 5.57. The van der Waals surface area contributed by atoms with Gasteiger partial charge >= 0.3 is 12.1 Å². The van der Waals surface area contributed by atoms with Crippen LogP contribution in [0, 0.1) is 5.92 Å². The van der Waals surface area contributed by atoms with Gasteiger partial charge in [-0.25, -0.2) is 0 Å². The molecule has 4 N–H and O–H groups in total. The van der Waals surface area contributed by atoms with Gasteiger partial charge < -0.3 is 16.2 Å². The van der Waals surface area contributed by atoms with Gasteiger partial charge in [0.25, 0.3) is 0 Å². The number of hydrogen-bond donors (Lipinski definition) is 2. The second-order valence-corrected chi connectivity index (χ2v) is 7.79. The minimum Gasteiger partial charge on any atom is -0.456 e. The fraction of sp³-hybridized carbons (Fsp3) is 0.429. The minimum absolute atomic E-state index is 0.0426. The molecule has 1 aliphatic carbocycles. The second-order valence-electron chi connectivity index (χ2n) is 7.79. The number of fused-ring (bicyclic) bond motifs is 1. The van der Waals surface area contributed by atoms with Crippen LogP contribution in [-0.4, -0.2) is 28.1 Å². The predicted molar refractivity (Wildman–Crippen MR) is 105 cm³/mol. The Hall–Kier alpha value is -3.01. The quantitative estimate of drug-likeness (QED) is 0.672. The van der Waals surface area contributed by atoms with Gasteiger partial charge in [-0.1, -0.05) is 19.1 Å². The number of carbonyl (C=O) groups excluding carboxylic acids is 2. The third-order valence-electron chi connectivity index (χ3n) is 5.16. The van der Waals surface area contributed by atoms with Crippen LogP contribution in [0.5, 0.6) is 0 Å². The highest BCUT2D eigenvalue weighted by Crippen LogP contribution is 2.37. The molecule has 3 rings (SSSR count). The van der Waals surface area contributed by atoms with Crippen molar-refractivity contribution in [3.8, 4) is 11.3 Å². The summed E-state index contributed by atoms with van der Waals surface area (Å²) >= 11 is 0. The van der Waals surface area contributed by atoms with Crippen molar-refractivity contribution in [1.29, 1.82) is 0 Å². The topological polar surface area (TPSA) is 121 Å². The molecule has 0 radical (unpaired) electrons. The number of nitrogens with two attached hydrogens (primary N) is 2. The number of carbonyl (C=O) groups is 2. The second kappa shape index (κ2) is 9.01. The van der Waals surface area contributed by atoms with Crippen LogP contribution in [0.1, 0.15) is 49.1 Å². The molecule has 1 heterocycles. The molecule has 0 spiro atoms. The highest BCUT2D eigenvalue weighted by atomic mass is 19.4. The fourth-order valence-electron chi connectivity index (χ4n) is 3.53. The predicted octanol–water partition coefficient (Wildman–Crippen LogP) is 2.92. The molecule has 1 aliphatic rings. The van der Waals surface area contributed by atoms with E-state index in [4.69, 9.17) is 16.2 Å². The molecule has 2 aromatic rings. The smallest absolute Gasteiger partial charge is 0.416 e. The van der Waals surface area contributed by atoms with Crippen molar-refractivity contribution in [1.82, 2.24) is 10.2 Å². The molecule has 1 aromatic heterocycles. The van der Waals surface area contributed by atoms with E-state index in [0.717, 1.165) is 12.1 Å². The third-order valence-corrected chi connectivity index (χ3v) is 5.16. The van der Waals surface area contributed by atoms with Crippen LogP contribution in [-0.2, 0) is 26.9 Å². The maximum Gasteiger partial charge on any atom is 0.416 e. The number of nitrogens with zero attached hydrogens (tertiary/aromatic N) is 2. The molecule has 3 atom stereocenters. The Morgan fingerprint density at radius 1 is 1.26 bits per heavy atom. The zero-order chi connectivity index (χ0) is 22.8. The van der Waals surface area contributed by atoms with Crippen LogP contribution in [0.25, 0.3) is 11.3 Å². The van der Waals surface area contributed by atoms with Crippen LogP contribution >= 0.6 is 0 Å². The van der Waals surface area contributed by atoms with E-state index in [9.17, 15) is 22.8 Å². The Morgan fingerprint density at radius 2 is 2.00 bits per heavy atom. The van der Waals surface area contributed by atoms with Gasteiger partial charge in [-0.05, 0) is 43.4 Å². The highest BCUT2D eigenvalue weighted by molar-refractivity contribution is 5.78. The molecule has 1 aromatic carbocycles. The van der Waals surface area contributed by atoms with Crippen LogP contribution in [0.15, 0.2) is 30.3 Å². The van der Waals surface area contributed by atoms with Gasteiger partial charge in [0.2, 0.25) is 5.91 Å². The molecule has 0 aliphatic heterocycles. The Morgan fingerprint density at radius 3 is 2.68 bits per heavy atom. The average molecular weight is 436 g/mol. The molecule has 166 valence electrons. The van der Waals surface area contributed by atoms with E-state index < -0.39 is 35.8 Å². The largest absolute Gasteiger partial charge is 0.456 e. The standard InChI is InChI=1S/C21H23F3N4O3/c1-11-7-17-14(18(8-11)31-20(30)15(25)5-6-19(26)29)10-16(27-28-17)12-3-2-4-13(9-12)21(22,23)24/h2-4,9-11,15,18H,5-8,25H2,1H3,(H2,26,29)/t11?,15-,18?/m0/s1. The monoisotopic (exact) mass is 436 g/mol. The number of ether oxygens (including phenoxy) is 1. The van der Waals surface area contributed by atoms with Crippen molar-refractivity contribution in [2.75, 3.05) is 0 Å². The Bertz CT molecular complexity index is 981. The SMILES string of the molecule is CC1Cc2nnc(-c3cccc(C(F)(F)F)c3)cc2C(OC(=O)[C@@H](N)CCC(N)=O)C1. The van der Waals surface area contributed by atoms with Gasteiger partial charge in [0, 0.05) is 17.5 Å². The molecule has 7 nitrogen and oxygen atoms in total. The lowest BCUT2D eigenvalue weighted by molar-refractivity contribution is -0.152. The summed E-state index contributed by atoms with van der Waals surface area (Å²) in [7, 11) is 0. The van der Waals surface area contributed by atoms with Gasteiger partial charge in [0.05, 0.1) is 17.0 Å². The van der Waals surface area contributed by atoms with E-state index in [1.165, 1.54) is 12.1 Å². The Kier molecular flexibility index (Phi) is 6.59. The number of primary amides is 1. The number of rotatable bonds is 6. The molecular weight excluding hydrogens is 413 g/mol. The number of benzene rings is 1. The molecule has 31 heavy (non-hydrogen) atoms. The minimum atomic E-state index is -4.48. The van der Waals surface area contributed by atoms with E-state index in [1.807, 2.05) is 6.92 Å². The molecule has 0 bridgehead atoms. The normalized spacial score (nSPS) is 19.4. The van der Waals surface area contributed by atoms with Gasteiger partial charge in [-0.3, -0.25) is 9.59 Å². The zero-order valence-corrected chi connectivity index (χ0v) is 16.9. The first-order valence-corrected chi connectivity index (χ1v) is 9.83. The first-order chi connectivity index (χ1) is 14.5. The summed E-state index contributed by atoms with van der Waals surface area (Å²) in [5.41, 5.74) is 11.8. The highest BCUT2D eigenvalue weighted by Gasteiger charge is 2.32. The van der Waals surface area contributed by atoms with Crippen molar-refractivity contribution in [2.45, 2.75) is 50.9 Å². The molecule has 1 amide bonds. The maximum atomic E-state index is 13.1. The lowest BCUT2D eigenvalue weighted by Gasteiger charge is -2.29. The summed E-state index contributed by atoms with van der Waals surface area (Å²) in [5, 5.41) is 8.27. The first-order valence-electron chi connectivity index (χ1n) is 9.83. The zero-order valence-electron chi connectivity index (χ0n) is 16.9. The van der Waals surface area contributed by atoms with E-state index in [0.29, 0.717) is 24.1 Å². The maximum absolute atomic E-state index is 13.1. The van der Waals surface area contributed by atoms with E-state index in [2.05, 4.69) is 10.2 Å². The summed E-state index contributed by atoms with van der Waals surface area (Å²) in [6, 6.07) is 5.40. The Labute approximate surface area is 177 Å². The van der Waals surface area contributed by atoms with Gasteiger partial charge in [0.1, 0.15) is 12.1 Å². The molecular formula is C21H23F3N4O3. The van der Waals surface area contributed by atoms with Crippen molar-refractivity contribution in [3.63, 3.8) is 0 Å². The lowest BCUT2D eigenvalue weighted by Crippen LogP contribution is -2.35. The van der Waals surface area contributed by atoms with E-state index in [-0.39, 0.29) is 30.0 Å². The van der Waals surface area contributed by atoms with Gasteiger partial charge in [-0.15, -0.1) is 0 Å². The van der Waals surface area contributed by atoms with Crippen molar-refractivity contribution in [3.05, 3.63) is 47.2 Å². The average Bonchev–Trinajstić information content (AvgIpc) is 2.71. The van der Waals surface area contributed by atoms with Crippen LogP contribution < -0.4 is 11.5 Å². The van der Waals surface area contributed by atoms with Crippen LogP contribution in [0.4, 0.5) is 13.2 Å². The van der Waals surface area contributed by atoms with Gasteiger partial charge in [-0.2, -0.15) is 23.4 Å². The van der Waals surface area contributed by atoms with Crippen molar-refractivity contribution >= 4 is 11.9 Å². The number of hydrogen-bond acceptors (Lipinski definition) is 6. The molecule has 10 heteroatoms. The van der Waals surface area contributed by atoms with Crippen LogP contribution in [0.2, 0.25) is 0 Å². The number of aromatic nitrogens is 2. The van der Waals surface area contributed by atoms with Crippen molar-refractivity contribution in [2.24, 2.45) is 17.4 Å². The lowest BCUT2D eigenvalue weighted by atomic mass is 9.85. The number of amides is 1. The molecule has 0 saturated carbocycles. The van der Waals surface area contributed by atoms with E-state index in [1.54, 1.807) is 6.07 Å². The number of alkyl halides is 3. The Balaban J connectivity index is 1.87. The molecule has 2 unspecified atom stereocenters. The van der Waals surface area contributed by atoms with Crippen molar-refractivity contribution < 1.29 is 27.5 Å². The number of esters is 1. The summed E-state index contributed by atoms with van der Waals surface area (Å²) in [5.74, 6) is -1.09. The fourth-order valence-corrected chi connectivity index (χ4v) is 3.53. The molecule has 0 fully saturated rings. The first kappa shape index (κ1) is 22.7. The summed E-state index contributed by atoms with van der Waals surface area (Å²) in [4.78, 5) is 23.3. The summed E-state index contributed by atoms with van der Waals surface area (Å²) in [6.45, 7) is 1.97.